The molecule has 14 heavy (non-hydrogen) atoms. The fraction of sp³-hybridized carbons (Fsp3) is 0. The molecule has 2 aromatic rings. The summed E-state index contributed by atoms with van der Waals surface area (Å²) in [5.41, 5.74) is 0.490. The van der Waals surface area contributed by atoms with Gasteiger partial charge in [0, 0.05) is 0 Å². The van der Waals surface area contributed by atoms with Crippen molar-refractivity contribution in [1.29, 1.82) is 5.26 Å². The third-order valence-corrected chi connectivity index (χ3v) is 1.71. The van der Waals surface area contributed by atoms with Crippen LogP contribution >= 0.6 is 0 Å². The summed E-state index contributed by atoms with van der Waals surface area (Å²) in [6.07, 6.45) is 1.52. The van der Waals surface area contributed by atoms with Crippen molar-refractivity contribution in [3.8, 4) is 17.8 Å². The quantitative estimate of drug-likeness (QED) is 0.717. The van der Waals surface area contributed by atoms with Gasteiger partial charge in [0.15, 0.2) is 0 Å². The van der Waals surface area contributed by atoms with E-state index in [9.17, 15) is 0 Å². The van der Waals surface area contributed by atoms with Crippen molar-refractivity contribution < 1.29 is 9.15 Å². The van der Waals surface area contributed by atoms with Crippen molar-refractivity contribution >= 4 is 6.91 Å². The van der Waals surface area contributed by atoms with Gasteiger partial charge in [0.1, 0.15) is 0 Å². The van der Waals surface area contributed by atoms with Crippen molar-refractivity contribution in [3.63, 3.8) is 0 Å². The molecule has 0 bridgehead atoms. The number of nitriles is 1. The average molecular weight is 183 g/mol. The number of ether oxygens (including phenoxy) is 1. The Morgan fingerprint density at radius 2 is 2.21 bits per heavy atom. The molecule has 1 aromatic heterocycles. The third kappa shape index (κ3) is 1.67. The van der Waals surface area contributed by atoms with Crippen LogP contribution in [0.1, 0.15) is 5.56 Å². The zero-order valence-electron chi connectivity index (χ0n) is 7.31. The van der Waals surface area contributed by atoms with Crippen LogP contribution in [-0.2, 0) is 0 Å². The molecule has 0 radical (unpaired) electrons. The first kappa shape index (κ1) is 8.58. The molecule has 0 unspecified atom stereocenters. The molecular weight excluding hydrogens is 177 g/mol. The fourth-order valence-corrected chi connectivity index (χ4v) is 1.08. The predicted octanol–water partition coefficient (Wildman–Crippen LogP) is 2.28. The van der Waals surface area contributed by atoms with E-state index in [-0.39, 0.29) is 0 Å². The minimum atomic E-state index is 0.382. The summed E-state index contributed by atoms with van der Waals surface area (Å²) in [5.74, 6) is 2.58. The number of para-hydroxylation sites is 1. The maximum atomic E-state index is 8.79. The van der Waals surface area contributed by atoms with E-state index in [0.29, 0.717) is 17.3 Å². The fourth-order valence-electron chi connectivity index (χ4n) is 1.08. The monoisotopic (exact) mass is 183 g/mol. The van der Waals surface area contributed by atoms with E-state index in [4.69, 9.17) is 14.4 Å². The van der Waals surface area contributed by atoms with Crippen molar-refractivity contribution in [2.24, 2.45) is 0 Å². The van der Waals surface area contributed by atoms with Gasteiger partial charge in [-0.05, 0) is 0 Å². The molecule has 0 amide bonds. The average Bonchev–Trinajstić information content (AvgIpc) is 2.71. The van der Waals surface area contributed by atoms with Crippen molar-refractivity contribution in [3.05, 3.63) is 41.9 Å². The van der Waals surface area contributed by atoms with E-state index in [1.54, 1.807) is 37.1 Å². The number of hydrogen-bond donors (Lipinski definition) is 0. The Morgan fingerprint density at radius 3 is 2.93 bits per heavy atom. The molecule has 4 heteroatoms. The zero-order chi connectivity index (χ0) is 9.80. The second-order valence-electron chi connectivity index (χ2n) is 2.64. The molecule has 0 aliphatic rings. The first-order valence-electron chi connectivity index (χ1n) is 4.10. The van der Waals surface area contributed by atoms with E-state index in [1.807, 2.05) is 6.07 Å². The Balaban J connectivity index is 2.30. The molecule has 0 spiro atoms. The predicted molar refractivity (Wildman–Crippen MR) is 51.3 cm³/mol. The normalized spacial score (nSPS) is 9.07. The van der Waals surface area contributed by atoms with Gasteiger partial charge in [-0.2, -0.15) is 0 Å². The Bertz CT molecular complexity index is 459. The number of hydrogen-bond acceptors (Lipinski definition) is 3. The van der Waals surface area contributed by atoms with Gasteiger partial charge < -0.3 is 0 Å². The van der Waals surface area contributed by atoms with E-state index < -0.39 is 0 Å². The van der Waals surface area contributed by atoms with Gasteiger partial charge in [0.25, 0.3) is 0 Å². The molecule has 2 rings (SSSR count). The van der Waals surface area contributed by atoms with Crippen LogP contribution in [0.15, 0.2) is 40.8 Å². The second-order valence-corrected chi connectivity index (χ2v) is 2.64. The molecule has 66 valence electrons. The molecule has 0 fully saturated rings. The SMILES string of the molecule is N#Cc1ccccc1Oc1cbco1. The van der Waals surface area contributed by atoms with Crippen LogP contribution < -0.4 is 4.74 Å². The van der Waals surface area contributed by atoms with E-state index in [2.05, 4.69) is 0 Å². The molecule has 0 aliphatic heterocycles. The Labute approximate surface area is 81.8 Å². The summed E-state index contributed by atoms with van der Waals surface area (Å²) in [4.78, 5) is 0. The van der Waals surface area contributed by atoms with Crippen molar-refractivity contribution in [2.45, 2.75) is 0 Å². The van der Waals surface area contributed by atoms with Crippen LogP contribution in [0.5, 0.6) is 11.7 Å². The van der Waals surface area contributed by atoms with Crippen LogP contribution in [0.3, 0.4) is 0 Å². The van der Waals surface area contributed by atoms with Crippen molar-refractivity contribution in [1.82, 2.24) is 0 Å². The van der Waals surface area contributed by atoms with Crippen LogP contribution in [0.4, 0.5) is 0 Å². The molecule has 0 aliphatic carbocycles. The summed E-state index contributed by atoms with van der Waals surface area (Å²) >= 11 is 0. The molecule has 0 saturated carbocycles. The molecule has 0 atom stereocenters. The summed E-state index contributed by atoms with van der Waals surface area (Å²) in [6.45, 7) is 1.73. The zero-order valence-corrected chi connectivity index (χ0v) is 7.31. The van der Waals surface area contributed by atoms with E-state index in [0.717, 1.165) is 0 Å². The second kappa shape index (κ2) is 3.80. The van der Waals surface area contributed by atoms with E-state index in [1.165, 1.54) is 6.16 Å². The first-order chi connectivity index (χ1) is 6.90. The molecule has 1 heterocycles. The number of nitrogens with zero attached hydrogens (tertiary/aromatic N) is 1. The summed E-state index contributed by atoms with van der Waals surface area (Å²) in [7, 11) is 0. The van der Waals surface area contributed by atoms with Gasteiger partial charge >= 0.3 is 81.0 Å². The summed E-state index contributed by atoms with van der Waals surface area (Å²) in [6, 6.07) is 9.05. The van der Waals surface area contributed by atoms with Crippen LogP contribution in [-0.4, -0.2) is 6.91 Å². The maximum absolute atomic E-state index is 8.79. The van der Waals surface area contributed by atoms with E-state index >= 15 is 0 Å². The Morgan fingerprint density at radius 1 is 1.36 bits per heavy atom. The van der Waals surface area contributed by atoms with Crippen LogP contribution in [0.25, 0.3) is 0 Å². The Hall–Kier alpha value is -2.02. The van der Waals surface area contributed by atoms with Crippen molar-refractivity contribution in [2.75, 3.05) is 0 Å². The number of benzene rings is 1. The summed E-state index contributed by atoms with van der Waals surface area (Å²) < 4.78 is 10.4. The van der Waals surface area contributed by atoms with Gasteiger partial charge in [-0.1, -0.05) is 0 Å². The molecule has 3 nitrogen and oxygen atoms in total. The molecule has 1 aromatic carbocycles. The number of rotatable bonds is 2. The minimum absolute atomic E-state index is 0.382. The van der Waals surface area contributed by atoms with Gasteiger partial charge in [-0.3, -0.25) is 0 Å². The molecular formula is C10H6BNO2. The van der Waals surface area contributed by atoms with Gasteiger partial charge in [-0.15, -0.1) is 0 Å². The molecule has 0 saturated heterocycles. The van der Waals surface area contributed by atoms with Crippen LogP contribution in [0.2, 0.25) is 0 Å². The topological polar surface area (TPSA) is 46.2 Å². The Kier molecular flexibility index (Phi) is 2.33. The third-order valence-electron chi connectivity index (χ3n) is 1.71. The van der Waals surface area contributed by atoms with Gasteiger partial charge in [0.05, 0.1) is 0 Å². The summed E-state index contributed by atoms with van der Waals surface area (Å²) in [5, 5.41) is 8.79. The standard InChI is InChI=1S/C10H6BNO2/c12-6-8-3-1-2-4-9(8)14-10-5-11-7-13-10/h1-5,7H. The first-order valence-corrected chi connectivity index (χ1v) is 4.10. The van der Waals surface area contributed by atoms with Gasteiger partial charge in [-0.25, -0.2) is 0 Å². The van der Waals surface area contributed by atoms with Crippen LogP contribution in [0, 0.1) is 11.3 Å². The molecule has 0 N–H and O–H groups in total. The van der Waals surface area contributed by atoms with Gasteiger partial charge in [0.2, 0.25) is 0 Å².